The van der Waals surface area contributed by atoms with Gasteiger partial charge >= 0.3 is 0 Å². The molecule has 2 aliphatic carbocycles. The molecule has 0 amide bonds. The van der Waals surface area contributed by atoms with E-state index in [1.165, 1.54) is 89.9 Å². The Bertz CT molecular complexity index is 405. The van der Waals surface area contributed by atoms with Crippen LogP contribution in [0.5, 0.6) is 0 Å². The molecule has 2 rings (SSSR count). The van der Waals surface area contributed by atoms with Gasteiger partial charge in [0, 0.05) is 11.8 Å². The zero-order valence-electron chi connectivity index (χ0n) is 15.2. The second-order valence-electron chi connectivity index (χ2n) is 7.98. The molecule has 0 bridgehead atoms. The maximum absolute atomic E-state index is 8.56. The van der Waals surface area contributed by atoms with E-state index in [-0.39, 0.29) is 0 Å². The summed E-state index contributed by atoms with van der Waals surface area (Å²) in [5, 5.41) is 8.56. The van der Waals surface area contributed by atoms with Crippen molar-refractivity contribution >= 4 is 0 Å². The van der Waals surface area contributed by atoms with Gasteiger partial charge in [-0.25, -0.2) is 0 Å². The zero-order valence-corrected chi connectivity index (χ0v) is 15.2. The molecule has 0 saturated heterocycles. The first-order valence-corrected chi connectivity index (χ1v) is 10.2. The van der Waals surface area contributed by atoms with Crippen molar-refractivity contribution in [3.63, 3.8) is 0 Å². The van der Waals surface area contributed by atoms with Gasteiger partial charge in [0.1, 0.15) is 0 Å². The third-order valence-corrected chi connectivity index (χ3v) is 6.38. The van der Waals surface area contributed by atoms with Crippen LogP contribution in [0.2, 0.25) is 0 Å². The lowest BCUT2D eigenvalue weighted by Gasteiger charge is -2.37. The van der Waals surface area contributed by atoms with E-state index in [0.717, 1.165) is 17.8 Å². The SMILES string of the molecule is CCCCCCCC1CCC(C2CCC(C#CC#N)CC2)CC1. The highest BCUT2D eigenvalue weighted by molar-refractivity contribution is 5.18. The highest BCUT2D eigenvalue weighted by Crippen LogP contribution is 2.42. The summed E-state index contributed by atoms with van der Waals surface area (Å²) in [6.07, 6.45) is 19.8. The van der Waals surface area contributed by atoms with Gasteiger partial charge in [0.05, 0.1) is 0 Å². The summed E-state index contributed by atoms with van der Waals surface area (Å²) in [7, 11) is 0. The fourth-order valence-electron chi connectivity index (χ4n) is 4.85. The van der Waals surface area contributed by atoms with Crippen LogP contribution in [0.1, 0.15) is 96.8 Å². The standard InChI is InChI=1S/C22H35N/c1-2-3-4-5-6-8-19-10-14-21(15-11-19)22-16-12-20(13-17-22)9-7-18-23/h19-22H,2-6,8,10-17H2,1H3. The van der Waals surface area contributed by atoms with Gasteiger partial charge in [0.25, 0.3) is 0 Å². The Kier molecular flexibility index (Phi) is 8.60. The number of hydrogen-bond acceptors (Lipinski definition) is 1. The van der Waals surface area contributed by atoms with Crippen molar-refractivity contribution in [3.05, 3.63) is 0 Å². The molecule has 0 unspecified atom stereocenters. The number of nitrogens with zero attached hydrogens (tertiary/aromatic N) is 1. The zero-order chi connectivity index (χ0) is 16.3. The van der Waals surface area contributed by atoms with E-state index in [1.54, 1.807) is 0 Å². The predicted molar refractivity (Wildman–Crippen MR) is 97.7 cm³/mol. The first-order valence-electron chi connectivity index (χ1n) is 10.2. The van der Waals surface area contributed by atoms with Crippen LogP contribution in [-0.2, 0) is 0 Å². The molecule has 2 aliphatic rings. The van der Waals surface area contributed by atoms with Gasteiger partial charge in [-0.05, 0) is 56.3 Å². The van der Waals surface area contributed by atoms with E-state index in [2.05, 4.69) is 18.8 Å². The smallest absolute Gasteiger partial charge is 0.152 e. The molecular formula is C22H35N. The normalized spacial score (nSPS) is 31.0. The monoisotopic (exact) mass is 313 g/mol. The first-order chi connectivity index (χ1) is 11.3. The van der Waals surface area contributed by atoms with E-state index in [1.807, 2.05) is 6.07 Å². The molecule has 0 atom stereocenters. The maximum atomic E-state index is 8.56. The molecule has 1 heteroatoms. The number of hydrogen-bond donors (Lipinski definition) is 0. The van der Waals surface area contributed by atoms with Crippen LogP contribution >= 0.6 is 0 Å². The van der Waals surface area contributed by atoms with Gasteiger partial charge in [-0.15, -0.1) is 0 Å². The van der Waals surface area contributed by atoms with E-state index >= 15 is 0 Å². The van der Waals surface area contributed by atoms with Crippen molar-refractivity contribution in [2.45, 2.75) is 96.8 Å². The molecule has 2 fully saturated rings. The Balaban J connectivity index is 1.59. The quantitative estimate of drug-likeness (QED) is 0.389. The molecule has 0 spiro atoms. The molecular weight excluding hydrogens is 278 g/mol. The summed E-state index contributed by atoms with van der Waals surface area (Å²) in [5.74, 6) is 9.23. The van der Waals surface area contributed by atoms with Crippen molar-refractivity contribution in [2.75, 3.05) is 0 Å². The van der Waals surface area contributed by atoms with Crippen molar-refractivity contribution in [1.82, 2.24) is 0 Å². The summed E-state index contributed by atoms with van der Waals surface area (Å²) in [4.78, 5) is 0. The summed E-state index contributed by atoms with van der Waals surface area (Å²) in [5.41, 5.74) is 0. The highest BCUT2D eigenvalue weighted by Gasteiger charge is 2.30. The Morgan fingerprint density at radius 2 is 1.39 bits per heavy atom. The fourth-order valence-corrected chi connectivity index (χ4v) is 4.85. The van der Waals surface area contributed by atoms with Crippen LogP contribution in [0.3, 0.4) is 0 Å². The van der Waals surface area contributed by atoms with E-state index in [4.69, 9.17) is 5.26 Å². The van der Waals surface area contributed by atoms with Gasteiger partial charge in [-0.2, -0.15) is 5.26 Å². The third-order valence-electron chi connectivity index (χ3n) is 6.38. The molecule has 0 aromatic carbocycles. The molecule has 0 heterocycles. The van der Waals surface area contributed by atoms with Crippen LogP contribution in [0.15, 0.2) is 0 Å². The summed E-state index contributed by atoms with van der Waals surface area (Å²) in [6, 6.07) is 1.96. The maximum Gasteiger partial charge on any atom is 0.152 e. The molecule has 0 radical (unpaired) electrons. The van der Waals surface area contributed by atoms with Gasteiger partial charge in [0.15, 0.2) is 6.07 Å². The average Bonchev–Trinajstić information content (AvgIpc) is 2.61. The number of nitriles is 1. The number of unbranched alkanes of at least 4 members (excludes halogenated alkanes) is 4. The first kappa shape index (κ1) is 18.4. The van der Waals surface area contributed by atoms with Crippen molar-refractivity contribution in [2.24, 2.45) is 23.7 Å². The number of rotatable bonds is 7. The summed E-state index contributed by atoms with van der Waals surface area (Å²) in [6.45, 7) is 2.30. The van der Waals surface area contributed by atoms with E-state index < -0.39 is 0 Å². The minimum atomic E-state index is 0.505. The highest BCUT2D eigenvalue weighted by atomic mass is 14.4. The van der Waals surface area contributed by atoms with Crippen molar-refractivity contribution in [1.29, 1.82) is 5.26 Å². The van der Waals surface area contributed by atoms with Gasteiger partial charge in [0.2, 0.25) is 0 Å². The molecule has 0 aliphatic heterocycles. The second kappa shape index (κ2) is 10.8. The summed E-state index contributed by atoms with van der Waals surface area (Å²) >= 11 is 0. The minimum Gasteiger partial charge on any atom is -0.183 e. The van der Waals surface area contributed by atoms with Gasteiger partial charge in [-0.3, -0.25) is 0 Å². The lowest BCUT2D eigenvalue weighted by molar-refractivity contribution is 0.153. The van der Waals surface area contributed by atoms with Crippen molar-refractivity contribution in [3.8, 4) is 17.9 Å². The lowest BCUT2D eigenvalue weighted by atomic mass is 9.69. The van der Waals surface area contributed by atoms with Crippen LogP contribution < -0.4 is 0 Å². The van der Waals surface area contributed by atoms with Gasteiger partial charge < -0.3 is 0 Å². The molecule has 23 heavy (non-hydrogen) atoms. The van der Waals surface area contributed by atoms with Crippen LogP contribution in [0.25, 0.3) is 0 Å². The Hall–Kier alpha value is -0.950. The molecule has 0 aromatic heterocycles. The van der Waals surface area contributed by atoms with Gasteiger partial charge in [-0.1, -0.05) is 64.2 Å². The van der Waals surface area contributed by atoms with Crippen LogP contribution in [-0.4, -0.2) is 0 Å². The van der Waals surface area contributed by atoms with E-state index in [9.17, 15) is 0 Å². The minimum absolute atomic E-state index is 0.505. The predicted octanol–water partition coefficient (Wildman–Crippen LogP) is 6.49. The Morgan fingerprint density at radius 3 is 2.00 bits per heavy atom. The lowest BCUT2D eigenvalue weighted by Crippen LogP contribution is -2.25. The summed E-state index contributed by atoms with van der Waals surface area (Å²) < 4.78 is 0. The molecule has 0 aromatic rings. The Morgan fingerprint density at radius 1 is 0.783 bits per heavy atom. The second-order valence-corrected chi connectivity index (χ2v) is 7.98. The third kappa shape index (κ3) is 6.59. The van der Waals surface area contributed by atoms with Crippen LogP contribution in [0.4, 0.5) is 0 Å². The topological polar surface area (TPSA) is 23.8 Å². The molecule has 0 N–H and O–H groups in total. The molecule has 1 nitrogen and oxygen atoms in total. The molecule has 128 valence electrons. The van der Waals surface area contributed by atoms with Crippen molar-refractivity contribution < 1.29 is 0 Å². The van der Waals surface area contributed by atoms with Crippen LogP contribution in [0, 0.1) is 46.8 Å². The average molecular weight is 314 g/mol. The molecule has 2 saturated carbocycles. The fraction of sp³-hybridized carbons (Fsp3) is 0.864. The largest absolute Gasteiger partial charge is 0.183 e. The van der Waals surface area contributed by atoms with E-state index in [0.29, 0.717) is 5.92 Å². The Labute approximate surface area is 144 Å².